The van der Waals surface area contributed by atoms with Crippen molar-refractivity contribution in [2.45, 2.75) is 59.1 Å². The number of nitrogens with zero attached hydrogens (tertiary/aromatic N) is 2. The highest BCUT2D eigenvalue weighted by atomic mass is 16.3. The molecule has 0 saturated heterocycles. The second kappa shape index (κ2) is 7.37. The summed E-state index contributed by atoms with van der Waals surface area (Å²) in [5, 5.41) is 9.33. The van der Waals surface area contributed by atoms with Crippen LogP contribution in [-0.4, -0.2) is 23.2 Å². The molecule has 1 N–H and O–H groups in total. The van der Waals surface area contributed by atoms with Crippen LogP contribution in [0.15, 0.2) is 12.1 Å². The maximum absolute atomic E-state index is 9.33. The maximum Gasteiger partial charge on any atom is 0.129 e. The molecule has 1 aromatic rings. The van der Waals surface area contributed by atoms with Gasteiger partial charge in [0, 0.05) is 18.8 Å². The Kier molecular flexibility index (Phi) is 6.13. The first-order chi connectivity index (χ1) is 8.62. The molecule has 1 rings (SSSR count). The lowest BCUT2D eigenvalue weighted by Gasteiger charge is -2.26. The van der Waals surface area contributed by atoms with Crippen molar-refractivity contribution in [1.82, 2.24) is 4.98 Å². The Morgan fingerprint density at radius 3 is 2.56 bits per heavy atom. The van der Waals surface area contributed by atoms with Crippen LogP contribution in [0.1, 0.15) is 51.3 Å². The quantitative estimate of drug-likeness (QED) is 0.807. The first-order valence-electron chi connectivity index (χ1n) is 6.95. The number of hydrogen-bond donors (Lipinski definition) is 1. The molecule has 0 amide bonds. The minimum absolute atomic E-state index is 0.0855. The molecule has 1 unspecified atom stereocenters. The highest BCUT2D eigenvalue weighted by Gasteiger charge is 2.12. The van der Waals surface area contributed by atoms with Gasteiger partial charge in [0.2, 0.25) is 0 Å². The van der Waals surface area contributed by atoms with E-state index < -0.39 is 0 Å². The second-order valence-corrected chi connectivity index (χ2v) is 4.98. The zero-order valence-corrected chi connectivity index (χ0v) is 12.1. The summed E-state index contributed by atoms with van der Waals surface area (Å²) in [4.78, 5) is 6.90. The van der Waals surface area contributed by atoms with Gasteiger partial charge < -0.3 is 10.0 Å². The lowest BCUT2D eigenvalue weighted by Crippen LogP contribution is -2.29. The Hall–Kier alpha value is -1.09. The van der Waals surface area contributed by atoms with Crippen LogP contribution in [0.3, 0.4) is 0 Å². The predicted octanol–water partition coefficient (Wildman–Crippen LogP) is 3.15. The van der Waals surface area contributed by atoms with Gasteiger partial charge >= 0.3 is 0 Å². The molecule has 18 heavy (non-hydrogen) atoms. The Labute approximate surface area is 111 Å². The van der Waals surface area contributed by atoms with Crippen LogP contribution < -0.4 is 4.90 Å². The van der Waals surface area contributed by atoms with Crippen molar-refractivity contribution in [3.8, 4) is 0 Å². The van der Waals surface area contributed by atoms with Gasteiger partial charge in [-0.05, 0) is 37.5 Å². The predicted molar refractivity (Wildman–Crippen MR) is 76.9 cm³/mol. The van der Waals surface area contributed by atoms with Crippen LogP contribution in [0.25, 0.3) is 0 Å². The number of pyridine rings is 1. The number of aromatic nitrogens is 1. The van der Waals surface area contributed by atoms with Crippen molar-refractivity contribution in [2.75, 3.05) is 11.9 Å². The fourth-order valence-corrected chi connectivity index (χ4v) is 2.13. The Balaban J connectivity index is 2.95. The summed E-state index contributed by atoms with van der Waals surface area (Å²) < 4.78 is 0. The van der Waals surface area contributed by atoms with Crippen molar-refractivity contribution in [3.05, 3.63) is 23.4 Å². The molecule has 0 aromatic carbocycles. The SMILES string of the molecule is CCCc1cc(CO)cc(N(C)C(C)CCC)n1. The minimum atomic E-state index is 0.0855. The van der Waals surface area contributed by atoms with E-state index >= 15 is 0 Å². The summed E-state index contributed by atoms with van der Waals surface area (Å²) in [6.45, 7) is 6.65. The molecule has 3 heteroatoms. The molecular formula is C15H26N2O. The lowest BCUT2D eigenvalue weighted by atomic mass is 10.1. The number of aryl methyl sites for hydroxylation is 1. The van der Waals surface area contributed by atoms with Crippen molar-refractivity contribution < 1.29 is 5.11 Å². The number of anilines is 1. The number of rotatable bonds is 7. The van der Waals surface area contributed by atoms with Crippen molar-refractivity contribution in [2.24, 2.45) is 0 Å². The van der Waals surface area contributed by atoms with Crippen molar-refractivity contribution >= 4 is 5.82 Å². The van der Waals surface area contributed by atoms with E-state index in [2.05, 4.69) is 37.7 Å². The normalized spacial score (nSPS) is 12.5. The largest absolute Gasteiger partial charge is 0.392 e. The fourth-order valence-electron chi connectivity index (χ4n) is 2.13. The van der Waals surface area contributed by atoms with E-state index in [-0.39, 0.29) is 6.61 Å². The van der Waals surface area contributed by atoms with Gasteiger partial charge in [-0.25, -0.2) is 4.98 Å². The second-order valence-electron chi connectivity index (χ2n) is 4.98. The third-order valence-corrected chi connectivity index (χ3v) is 3.34. The van der Waals surface area contributed by atoms with Crippen molar-refractivity contribution in [1.29, 1.82) is 0 Å². The van der Waals surface area contributed by atoms with E-state index in [0.717, 1.165) is 36.3 Å². The van der Waals surface area contributed by atoms with E-state index in [1.165, 1.54) is 6.42 Å². The van der Waals surface area contributed by atoms with Gasteiger partial charge in [0.1, 0.15) is 5.82 Å². The molecule has 102 valence electrons. The summed E-state index contributed by atoms with van der Waals surface area (Å²) in [7, 11) is 2.08. The molecular weight excluding hydrogens is 224 g/mol. The monoisotopic (exact) mass is 250 g/mol. The molecule has 1 aromatic heterocycles. The average molecular weight is 250 g/mol. The molecule has 0 aliphatic heterocycles. The average Bonchev–Trinajstić information content (AvgIpc) is 2.38. The van der Waals surface area contributed by atoms with Crippen LogP contribution >= 0.6 is 0 Å². The third-order valence-electron chi connectivity index (χ3n) is 3.34. The smallest absolute Gasteiger partial charge is 0.129 e. The molecule has 3 nitrogen and oxygen atoms in total. The number of hydrogen-bond acceptors (Lipinski definition) is 3. The van der Waals surface area contributed by atoms with E-state index in [4.69, 9.17) is 0 Å². The van der Waals surface area contributed by atoms with Gasteiger partial charge in [0.15, 0.2) is 0 Å². The van der Waals surface area contributed by atoms with Crippen LogP contribution in [0.4, 0.5) is 5.82 Å². The van der Waals surface area contributed by atoms with Crippen LogP contribution in [0.2, 0.25) is 0 Å². The summed E-state index contributed by atoms with van der Waals surface area (Å²) in [6, 6.07) is 4.47. The van der Waals surface area contributed by atoms with Gasteiger partial charge in [-0.1, -0.05) is 26.7 Å². The van der Waals surface area contributed by atoms with Crippen LogP contribution in [0.5, 0.6) is 0 Å². The topological polar surface area (TPSA) is 36.4 Å². The highest BCUT2D eigenvalue weighted by molar-refractivity contribution is 5.42. The Morgan fingerprint density at radius 2 is 2.00 bits per heavy atom. The van der Waals surface area contributed by atoms with Crippen LogP contribution in [0, 0.1) is 0 Å². The molecule has 0 fully saturated rings. The summed E-state index contributed by atoms with van der Waals surface area (Å²) >= 11 is 0. The van der Waals surface area contributed by atoms with E-state index in [9.17, 15) is 5.11 Å². The molecule has 0 spiro atoms. The Bertz CT molecular complexity index is 366. The minimum Gasteiger partial charge on any atom is -0.392 e. The van der Waals surface area contributed by atoms with Crippen molar-refractivity contribution in [3.63, 3.8) is 0 Å². The summed E-state index contributed by atoms with van der Waals surface area (Å²) in [5.74, 6) is 0.978. The van der Waals surface area contributed by atoms with Gasteiger partial charge in [0.25, 0.3) is 0 Å². The van der Waals surface area contributed by atoms with Gasteiger partial charge in [0.05, 0.1) is 6.61 Å². The molecule has 1 heterocycles. The zero-order valence-electron chi connectivity index (χ0n) is 12.1. The van der Waals surface area contributed by atoms with E-state index in [1.54, 1.807) is 0 Å². The third kappa shape index (κ3) is 3.98. The van der Waals surface area contributed by atoms with E-state index in [0.29, 0.717) is 6.04 Å². The summed E-state index contributed by atoms with van der Waals surface area (Å²) in [5.41, 5.74) is 2.04. The number of aliphatic hydroxyl groups excluding tert-OH is 1. The first-order valence-corrected chi connectivity index (χ1v) is 6.95. The molecule has 0 saturated carbocycles. The molecule has 0 aliphatic rings. The molecule has 0 aliphatic carbocycles. The molecule has 0 radical (unpaired) electrons. The zero-order chi connectivity index (χ0) is 13.5. The Morgan fingerprint density at radius 1 is 1.28 bits per heavy atom. The molecule has 1 atom stereocenters. The fraction of sp³-hybridized carbons (Fsp3) is 0.667. The van der Waals surface area contributed by atoms with Gasteiger partial charge in [-0.2, -0.15) is 0 Å². The number of aliphatic hydroxyl groups is 1. The van der Waals surface area contributed by atoms with Crippen LogP contribution in [-0.2, 0) is 13.0 Å². The van der Waals surface area contributed by atoms with Gasteiger partial charge in [-0.3, -0.25) is 0 Å². The first kappa shape index (κ1) is 15.0. The standard InChI is InChI=1S/C15H26N2O/c1-5-7-12(3)17(4)15-10-13(11-18)9-14(16-15)8-6-2/h9-10,12,18H,5-8,11H2,1-4H3. The summed E-state index contributed by atoms with van der Waals surface area (Å²) in [6.07, 6.45) is 4.38. The lowest BCUT2D eigenvalue weighted by molar-refractivity contribution is 0.281. The maximum atomic E-state index is 9.33. The molecule has 0 bridgehead atoms. The van der Waals surface area contributed by atoms with E-state index in [1.807, 2.05) is 12.1 Å². The van der Waals surface area contributed by atoms with Gasteiger partial charge in [-0.15, -0.1) is 0 Å². The highest BCUT2D eigenvalue weighted by Crippen LogP contribution is 2.19.